The Balaban J connectivity index is 0.000000980. The standard InChI is InChI=1S/C10H17F2N.ClH/c11-10(12)6-7-13-9(10)8-4-2-1-3-5-8;/h8-9,13H,1-7H2;1H. The summed E-state index contributed by atoms with van der Waals surface area (Å²) in [5.74, 6) is -2.21. The summed E-state index contributed by atoms with van der Waals surface area (Å²) in [6, 6.07) is -0.521. The molecular formula is C10H18ClF2N. The fourth-order valence-corrected chi connectivity index (χ4v) is 2.68. The van der Waals surface area contributed by atoms with Gasteiger partial charge in [0.2, 0.25) is 0 Å². The molecule has 1 aliphatic heterocycles. The number of nitrogens with one attached hydrogen (secondary N) is 1. The van der Waals surface area contributed by atoms with Crippen LogP contribution in [0.4, 0.5) is 8.78 Å². The fourth-order valence-electron chi connectivity index (χ4n) is 2.68. The lowest BCUT2D eigenvalue weighted by molar-refractivity contribution is -0.0338. The van der Waals surface area contributed by atoms with Gasteiger partial charge in [-0.05, 0) is 18.8 Å². The first-order chi connectivity index (χ1) is 6.20. The van der Waals surface area contributed by atoms with Gasteiger partial charge in [0.1, 0.15) is 0 Å². The van der Waals surface area contributed by atoms with E-state index in [1.54, 1.807) is 0 Å². The van der Waals surface area contributed by atoms with E-state index in [9.17, 15) is 8.78 Å². The third-order valence-electron chi connectivity index (χ3n) is 3.40. The second-order valence-electron chi connectivity index (χ2n) is 4.34. The summed E-state index contributed by atoms with van der Waals surface area (Å²) in [5, 5.41) is 2.97. The molecule has 1 heterocycles. The SMILES string of the molecule is Cl.FC1(F)CCNC1C1CCCCC1. The van der Waals surface area contributed by atoms with Gasteiger partial charge >= 0.3 is 0 Å². The highest BCUT2D eigenvalue weighted by Crippen LogP contribution is 2.38. The molecule has 1 saturated heterocycles. The third kappa shape index (κ3) is 2.37. The van der Waals surface area contributed by atoms with Crippen LogP contribution in [0.15, 0.2) is 0 Å². The lowest BCUT2D eigenvalue weighted by Gasteiger charge is -2.31. The fraction of sp³-hybridized carbons (Fsp3) is 1.00. The van der Waals surface area contributed by atoms with Crippen LogP contribution in [-0.4, -0.2) is 18.5 Å². The van der Waals surface area contributed by atoms with Gasteiger partial charge in [-0.15, -0.1) is 12.4 Å². The van der Waals surface area contributed by atoms with Gasteiger partial charge in [0, 0.05) is 13.0 Å². The molecule has 0 aromatic heterocycles. The lowest BCUT2D eigenvalue weighted by Crippen LogP contribution is -2.42. The largest absolute Gasteiger partial charge is 0.308 e. The minimum Gasteiger partial charge on any atom is -0.308 e. The van der Waals surface area contributed by atoms with Crippen molar-refractivity contribution in [3.05, 3.63) is 0 Å². The molecule has 0 bridgehead atoms. The monoisotopic (exact) mass is 225 g/mol. The second-order valence-corrected chi connectivity index (χ2v) is 4.34. The Kier molecular flexibility index (Phi) is 4.14. The van der Waals surface area contributed by atoms with E-state index in [4.69, 9.17) is 0 Å². The van der Waals surface area contributed by atoms with E-state index >= 15 is 0 Å². The van der Waals surface area contributed by atoms with Crippen molar-refractivity contribution in [3.63, 3.8) is 0 Å². The van der Waals surface area contributed by atoms with Crippen molar-refractivity contribution < 1.29 is 8.78 Å². The molecule has 2 rings (SSSR count). The Morgan fingerprint density at radius 2 is 1.71 bits per heavy atom. The first-order valence-electron chi connectivity index (χ1n) is 5.31. The average molecular weight is 226 g/mol. The third-order valence-corrected chi connectivity index (χ3v) is 3.40. The molecule has 2 aliphatic rings. The van der Waals surface area contributed by atoms with E-state index in [0.717, 1.165) is 25.7 Å². The smallest absolute Gasteiger partial charge is 0.264 e. The van der Waals surface area contributed by atoms with Gasteiger partial charge < -0.3 is 5.32 Å². The molecule has 1 atom stereocenters. The Morgan fingerprint density at radius 3 is 2.21 bits per heavy atom. The summed E-state index contributed by atoms with van der Waals surface area (Å²) >= 11 is 0. The Labute approximate surface area is 90.0 Å². The maximum Gasteiger partial charge on any atom is 0.264 e. The Hall–Kier alpha value is 0.110. The summed E-state index contributed by atoms with van der Waals surface area (Å²) in [6.07, 6.45) is 5.53. The van der Waals surface area contributed by atoms with E-state index in [1.807, 2.05) is 0 Å². The van der Waals surface area contributed by atoms with Gasteiger partial charge in [0.05, 0.1) is 6.04 Å². The molecule has 1 N–H and O–H groups in total. The number of hydrogen-bond donors (Lipinski definition) is 1. The maximum atomic E-state index is 13.3. The molecule has 0 aromatic rings. The number of alkyl halides is 2. The molecule has 84 valence electrons. The van der Waals surface area contributed by atoms with Crippen LogP contribution in [0.2, 0.25) is 0 Å². The van der Waals surface area contributed by atoms with Crippen molar-refractivity contribution in [2.75, 3.05) is 6.54 Å². The maximum absolute atomic E-state index is 13.3. The molecule has 4 heteroatoms. The van der Waals surface area contributed by atoms with Crippen LogP contribution in [-0.2, 0) is 0 Å². The zero-order valence-corrected chi connectivity index (χ0v) is 9.09. The highest BCUT2D eigenvalue weighted by Gasteiger charge is 2.47. The molecular weight excluding hydrogens is 208 g/mol. The lowest BCUT2D eigenvalue weighted by atomic mass is 9.82. The van der Waals surface area contributed by atoms with E-state index in [2.05, 4.69) is 5.32 Å². The predicted molar refractivity (Wildman–Crippen MR) is 55.2 cm³/mol. The van der Waals surface area contributed by atoms with Gasteiger partial charge in [-0.2, -0.15) is 0 Å². The van der Waals surface area contributed by atoms with Crippen molar-refractivity contribution in [2.45, 2.75) is 50.5 Å². The van der Waals surface area contributed by atoms with Crippen molar-refractivity contribution in [1.29, 1.82) is 0 Å². The van der Waals surface area contributed by atoms with Crippen LogP contribution >= 0.6 is 12.4 Å². The first kappa shape index (κ1) is 12.2. The molecule has 1 nitrogen and oxygen atoms in total. The van der Waals surface area contributed by atoms with E-state index < -0.39 is 12.0 Å². The van der Waals surface area contributed by atoms with Crippen LogP contribution in [0.3, 0.4) is 0 Å². The molecule has 14 heavy (non-hydrogen) atoms. The topological polar surface area (TPSA) is 12.0 Å². The van der Waals surface area contributed by atoms with Crippen molar-refractivity contribution in [3.8, 4) is 0 Å². The van der Waals surface area contributed by atoms with Crippen LogP contribution in [0, 0.1) is 5.92 Å². The summed E-state index contributed by atoms with van der Waals surface area (Å²) in [5.41, 5.74) is 0. The van der Waals surface area contributed by atoms with Crippen LogP contribution in [0.1, 0.15) is 38.5 Å². The second kappa shape index (κ2) is 4.75. The van der Waals surface area contributed by atoms with Crippen molar-refractivity contribution >= 4 is 12.4 Å². The number of rotatable bonds is 1. The number of hydrogen-bond acceptors (Lipinski definition) is 1. The summed E-state index contributed by atoms with van der Waals surface area (Å²) in [6.45, 7) is 0.494. The van der Waals surface area contributed by atoms with Crippen molar-refractivity contribution in [1.82, 2.24) is 5.32 Å². The van der Waals surface area contributed by atoms with Gasteiger partial charge in [-0.3, -0.25) is 0 Å². The van der Waals surface area contributed by atoms with Gasteiger partial charge in [0.25, 0.3) is 5.92 Å². The van der Waals surface area contributed by atoms with Gasteiger partial charge in [0.15, 0.2) is 0 Å². The Morgan fingerprint density at radius 1 is 1.07 bits per heavy atom. The van der Waals surface area contributed by atoms with Crippen LogP contribution < -0.4 is 5.32 Å². The molecule has 0 spiro atoms. The summed E-state index contributed by atoms with van der Waals surface area (Å²) in [4.78, 5) is 0. The highest BCUT2D eigenvalue weighted by molar-refractivity contribution is 5.85. The molecule has 2 fully saturated rings. The highest BCUT2D eigenvalue weighted by atomic mass is 35.5. The zero-order chi connectivity index (χ0) is 9.31. The molecule has 0 radical (unpaired) electrons. The van der Waals surface area contributed by atoms with Crippen LogP contribution in [0.25, 0.3) is 0 Å². The molecule has 1 saturated carbocycles. The quantitative estimate of drug-likeness (QED) is 0.724. The van der Waals surface area contributed by atoms with E-state index in [0.29, 0.717) is 6.54 Å². The molecule has 0 aromatic carbocycles. The Bertz CT molecular complexity index is 181. The first-order valence-corrected chi connectivity index (χ1v) is 5.31. The van der Waals surface area contributed by atoms with E-state index in [1.165, 1.54) is 6.42 Å². The average Bonchev–Trinajstić information content (AvgIpc) is 2.47. The molecule has 1 unspecified atom stereocenters. The number of halogens is 3. The van der Waals surface area contributed by atoms with Gasteiger partial charge in [-0.25, -0.2) is 8.78 Å². The van der Waals surface area contributed by atoms with E-state index in [-0.39, 0.29) is 24.7 Å². The van der Waals surface area contributed by atoms with Gasteiger partial charge in [-0.1, -0.05) is 19.3 Å². The summed E-state index contributed by atoms with van der Waals surface area (Å²) < 4.78 is 26.7. The molecule has 1 aliphatic carbocycles. The normalized spacial score (nSPS) is 32.6. The van der Waals surface area contributed by atoms with Crippen molar-refractivity contribution in [2.24, 2.45) is 5.92 Å². The minimum absolute atomic E-state index is 0. The summed E-state index contributed by atoms with van der Waals surface area (Å²) in [7, 11) is 0. The minimum atomic E-state index is -2.44. The van der Waals surface area contributed by atoms with Crippen LogP contribution in [0.5, 0.6) is 0 Å². The molecule has 0 amide bonds. The zero-order valence-electron chi connectivity index (χ0n) is 8.27. The predicted octanol–water partition coefficient (Wildman–Crippen LogP) is 2.99.